The fourth-order valence-electron chi connectivity index (χ4n) is 2.27. The van der Waals surface area contributed by atoms with E-state index in [1.807, 2.05) is 36.4 Å². The van der Waals surface area contributed by atoms with Crippen molar-refractivity contribution in [2.75, 3.05) is 0 Å². The summed E-state index contributed by atoms with van der Waals surface area (Å²) in [5, 5.41) is 4.09. The lowest BCUT2D eigenvalue weighted by Gasteiger charge is -2.23. The van der Waals surface area contributed by atoms with Crippen molar-refractivity contribution in [1.29, 1.82) is 0 Å². The van der Waals surface area contributed by atoms with Gasteiger partial charge in [0.15, 0.2) is 5.75 Å². The van der Waals surface area contributed by atoms with E-state index in [2.05, 4.69) is 15.7 Å². The molecule has 0 aliphatic carbocycles. The first-order valence-electron chi connectivity index (χ1n) is 6.03. The summed E-state index contributed by atoms with van der Waals surface area (Å²) in [6, 6.07) is 14.0. The summed E-state index contributed by atoms with van der Waals surface area (Å²) in [7, 11) is 0. The molecule has 94 valence electrons. The Morgan fingerprint density at radius 1 is 1.16 bits per heavy atom. The average molecular weight is 270 g/mol. The van der Waals surface area contributed by atoms with E-state index in [0.717, 1.165) is 33.5 Å². The Morgan fingerprint density at radius 3 is 3.11 bits per heavy atom. The van der Waals surface area contributed by atoms with Crippen molar-refractivity contribution in [3.8, 4) is 5.75 Å². The van der Waals surface area contributed by atoms with Gasteiger partial charge in [-0.25, -0.2) is 0 Å². The van der Waals surface area contributed by atoms with Crippen LogP contribution in [0.15, 0.2) is 42.5 Å². The molecule has 1 aliphatic rings. The van der Waals surface area contributed by atoms with Crippen molar-refractivity contribution in [2.24, 2.45) is 0 Å². The molecule has 19 heavy (non-hydrogen) atoms. The second-order valence-corrected chi connectivity index (χ2v) is 5.27. The summed E-state index contributed by atoms with van der Waals surface area (Å²) in [5.41, 5.74) is 3.13. The molecule has 0 saturated heterocycles. The molecule has 1 unspecified atom stereocenters. The van der Waals surface area contributed by atoms with Gasteiger partial charge in [0, 0.05) is 12.0 Å². The number of benzene rings is 2. The SMILES string of the molecule is c1ccc2c(c1)CC(c1ccc3snnc3c1)OO2. The van der Waals surface area contributed by atoms with E-state index >= 15 is 0 Å². The molecule has 1 aliphatic heterocycles. The molecule has 3 aromatic rings. The van der Waals surface area contributed by atoms with Crippen LogP contribution in [0.2, 0.25) is 0 Å². The topological polar surface area (TPSA) is 44.2 Å². The molecule has 4 nitrogen and oxygen atoms in total. The Balaban J connectivity index is 1.70. The minimum Gasteiger partial charge on any atom is -0.337 e. The number of para-hydroxylation sites is 1. The molecule has 0 fully saturated rings. The molecule has 4 rings (SSSR count). The third-order valence-electron chi connectivity index (χ3n) is 3.27. The molecule has 0 N–H and O–H groups in total. The summed E-state index contributed by atoms with van der Waals surface area (Å²) in [4.78, 5) is 10.8. The highest BCUT2D eigenvalue weighted by Crippen LogP contribution is 2.34. The van der Waals surface area contributed by atoms with Crippen LogP contribution in [-0.4, -0.2) is 9.59 Å². The van der Waals surface area contributed by atoms with Gasteiger partial charge in [-0.3, -0.25) is 0 Å². The molecular weight excluding hydrogens is 260 g/mol. The molecule has 5 heteroatoms. The van der Waals surface area contributed by atoms with Gasteiger partial charge in [0.05, 0.1) is 4.70 Å². The van der Waals surface area contributed by atoms with Gasteiger partial charge in [-0.1, -0.05) is 28.8 Å². The zero-order valence-corrected chi connectivity index (χ0v) is 10.8. The Morgan fingerprint density at radius 2 is 2.11 bits per heavy atom. The predicted octanol–water partition coefficient (Wildman–Crippen LogP) is 3.30. The molecule has 0 bridgehead atoms. The van der Waals surface area contributed by atoms with Crippen LogP contribution in [0.5, 0.6) is 5.75 Å². The summed E-state index contributed by atoms with van der Waals surface area (Å²) in [5.74, 6) is 0.801. The minimum atomic E-state index is -0.0963. The predicted molar refractivity (Wildman–Crippen MR) is 72.0 cm³/mol. The second-order valence-electron chi connectivity index (χ2n) is 4.48. The van der Waals surface area contributed by atoms with Crippen LogP contribution >= 0.6 is 11.5 Å². The maximum absolute atomic E-state index is 5.47. The van der Waals surface area contributed by atoms with E-state index in [9.17, 15) is 0 Å². The summed E-state index contributed by atoms with van der Waals surface area (Å²) in [6.45, 7) is 0. The molecular formula is C14H10N2O2S. The van der Waals surface area contributed by atoms with Gasteiger partial charge in [-0.15, -0.1) is 5.10 Å². The van der Waals surface area contributed by atoms with Crippen LogP contribution in [0.4, 0.5) is 0 Å². The summed E-state index contributed by atoms with van der Waals surface area (Å²) >= 11 is 1.40. The van der Waals surface area contributed by atoms with E-state index < -0.39 is 0 Å². The summed E-state index contributed by atoms with van der Waals surface area (Å²) in [6.07, 6.45) is 0.709. The van der Waals surface area contributed by atoms with Crippen molar-refractivity contribution >= 4 is 21.7 Å². The van der Waals surface area contributed by atoms with Gasteiger partial charge in [0.1, 0.15) is 11.6 Å². The number of fused-ring (bicyclic) bond motifs is 2. The number of nitrogens with zero attached hydrogens (tertiary/aromatic N) is 2. The molecule has 0 amide bonds. The Kier molecular flexibility index (Phi) is 2.46. The van der Waals surface area contributed by atoms with Crippen LogP contribution < -0.4 is 4.89 Å². The molecule has 0 radical (unpaired) electrons. The van der Waals surface area contributed by atoms with Gasteiger partial charge >= 0.3 is 0 Å². The fraction of sp³-hybridized carbons (Fsp3) is 0.143. The fourth-order valence-corrected chi connectivity index (χ4v) is 2.81. The largest absolute Gasteiger partial charge is 0.337 e. The van der Waals surface area contributed by atoms with Crippen LogP contribution in [0.25, 0.3) is 10.2 Å². The van der Waals surface area contributed by atoms with Crippen LogP contribution in [-0.2, 0) is 11.3 Å². The number of hydrogen-bond acceptors (Lipinski definition) is 5. The average Bonchev–Trinajstić information content (AvgIpc) is 2.94. The van der Waals surface area contributed by atoms with Gasteiger partial charge in [-0.05, 0) is 35.3 Å². The van der Waals surface area contributed by atoms with E-state index in [0.29, 0.717) is 0 Å². The lowest BCUT2D eigenvalue weighted by atomic mass is 10.00. The molecule has 0 spiro atoms. The standard InChI is InChI=1S/C14H10N2O2S/c1-2-4-12-9(3-1)8-13(18-17-12)10-5-6-14-11(7-10)15-16-19-14/h1-7,13H,8H2. The van der Waals surface area contributed by atoms with E-state index in [-0.39, 0.29) is 6.10 Å². The van der Waals surface area contributed by atoms with Crippen LogP contribution in [0.3, 0.4) is 0 Å². The van der Waals surface area contributed by atoms with Gasteiger partial charge < -0.3 is 4.89 Å². The highest BCUT2D eigenvalue weighted by molar-refractivity contribution is 7.12. The zero-order valence-electron chi connectivity index (χ0n) is 9.95. The minimum absolute atomic E-state index is 0.0963. The Labute approximate surface area is 113 Å². The third kappa shape index (κ3) is 1.87. The van der Waals surface area contributed by atoms with E-state index in [1.54, 1.807) is 0 Å². The normalized spacial score (nSPS) is 18.0. The highest BCUT2D eigenvalue weighted by Gasteiger charge is 2.23. The van der Waals surface area contributed by atoms with E-state index in [4.69, 9.17) is 9.78 Å². The number of aromatic nitrogens is 2. The lowest BCUT2D eigenvalue weighted by Crippen LogP contribution is -2.16. The Hall–Kier alpha value is -1.98. The monoisotopic (exact) mass is 270 g/mol. The van der Waals surface area contributed by atoms with Crippen molar-refractivity contribution < 1.29 is 9.78 Å². The first-order chi connectivity index (χ1) is 9.40. The maximum Gasteiger partial charge on any atom is 0.168 e. The van der Waals surface area contributed by atoms with Gasteiger partial charge in [0.2, 0.25) is 0 Å². The van der Waals surface area contributed by atoms with Gasteiger partial charge in [-0.2, -0.15) is 4.89 Å². The lowest BCUT2D eigenvalue weighted by molar-refractivity contribution is -0.257. The molecule has 0 saturated carbocycles. The van der Waals surface area contributed by atoms with Crippen molar-refractivity contribution in [3.63, 3.8) is 0 Å². The van der Waals surface area contributed by atoms with Crippen LogP contribution in [0.1, 0.15) is 17.2 Å². The molecule has 2 aromatic carbocycles. The third-order valence-corrected chi connectivity index (χ3v) is 3.98. The van der Waals surface area contributed by atoms with Crippen LogP contribution in [0, 0.1) is 0 Å². The Bertz CT molecular complexity index is 741. The molecule has 1 atom stereocenters. The van der Waals surface area contributed by atoms with E-state index in [1.165, 1.54) is 11.5 Å². The highest BCUT2D eigenvalue weighted by atomic mass is 32.1. The van der Waals surface area contributed by atoms with Crippen molar-refractivity contribution in [3.05, 3.63) is 53.6 Å². The second kappa shape index (κ2) is 4.29. The molecule has 2 heterocycles. The summed E-state index contributed by atoms with van der Waals surface area (Å²) < 4.78 is 5.03. The number of hydrogen-bond donors (Lipinski definition) is 0. The molecule has 1 aromatic heterocycles. The van der Waals surface area contributed by atoms with Crippen molar-refractivity contribution in [1.82, 2.24) is 9.59 Å². The maximum atomic E-state index is 5.47. The number of rotatable bonds is 1. The van der Waals surface area contributed by atoms with Crippen molar-refractivity contribution in [2.45, 2.75) is 12.5 Å². The quantitative estimate of drug-likeness (QED) is 0.636. The first kappa shape index (κ1) is 10.9. The zero-order chi connectivity index (χ0) is 12.7. The first-order valence-corrected chi connectivity index (χ1v) is 6.81. The smallest absolute Gasteiger partial charge is 0.168 e. The van der Waals surface area contributed by atoms with Gasteiger partial charge in [0.25, 0.3) is 0 Å².